The monoisotopic (exact) mass is 307 g/mol. The number of hydrogen-bond acceptors (Lipinski definition) is 6. The van der Waals surface area contributed by atoms with Crippen LogP contribution in [0.1, 0.15) is 32.0 Å². The van der Waals surface area contributed by atoms with Crippen LogP contribution in [0.3, 0.4) is 0 Å². The Balaban J connectivity index is 2.82. The number of alkyl halides is 3. The van der Waals surface area contributed by atoms with Crippen LogP contribution in [0.25, 0.3) is 0 Å². The highest BCUT2D eigenvalue weighted by Gasteiger charge is 2.35. The molecule has 9 heteroatoms. The van der Waals surface area contributed by atoms with Gasteiger partial charge in [0, 0.05) is 19.2 Å². The lowest BCUT2D eigenvalue weighted by atomic mass is 10.0. The summed E-state index contributed by atoms with van der Waals surface area (Å²) >= 11 is 0. The van der Waals surface area contributed by atoms with E-state index in [1.807, 2.05) is 6.92 Å². The second kappa shape index (κ2) is 7.99. The van der Waals surface area contributed by atoms with Gasteiger partial charge in [0.05, 0.1) is 0 Å². The SMILES string of the molecule is CCCC(CCO)CNc1cc(NN)nc(C(F)(F)F)n1. The molecule has 1 heterocycles. The van der Waals surface area contributed by atoms with Crippen LogP contribution in [0.2, 0.25) is 0 Å². The minimum atomic E-state index is -4.64. The maximum Gasteiger partial charge on any atom is 0.451 e. The minimum Gasteiger partial charge on any atom is -0.396 e. The van der Waals surface area contributed by atoms with Crippen molar-refractivity contribution in [1.82, 2.24) is 9.97 Å². The van der Waals surface area contributed by atoms with Crippen molar-refractivity contribution in [2.75, 3.05) is 23.9 Å². The Morgan fingerprint density at radius 1 is 1.29 bits per heavy atom. The highest BCUT2D eigenvalue weighted by Crippen LogP contribution is 2.28. The van der Waals surface area contributed by atoms with E-state index in [4.69, 9.17) is 10.9 Å². The predicted octanol–water partition coefficient (Wildman–Crippen LogP) is 1.99. The van der Waals surface area contributed by atoms with Crippen LogP contribution in [-0.2, 0) is 6.18 Å². The van der Waals surface area contributed by atoms with E-state index in [1.165, 1.54) is 6.07 Å². The molecular formula is C12H20F3N5O. The highest BCUT2D eigenvalue weighted by atomic mass is 19.4. The Hall–Kier alpha value is -1.61. The molecular weight excluding hydrogens is 287 g/mol. The van der Waals surface area contributed by atoms with Gasteiger partial charge in [0.25, 0.3) is 0 Å². The maximum atomic E-state index is 12.7. The molecule has 0 aliphatic rings. The summed E-state index contributed by atoms with van der Waals surface area (Å²) in [6.45, 7) is 2.47. The molecule has 21 heavy (non-hydrogen) atoms. The Labute approximate surface area is 120 Å². The van der Waals surface area contributed by atoms with E-state index in [-0.39, 0.29) is 24.2 Å². The van der Waals surface area contributed by atoms with E-state index < -0.39 is 12.0 Å². The van der Waals surface area contributed by atoms with E-state index in [9.17, 15) is 13.2 Å². The number of anilines is 2. The van der Waals surface area contributed by atoms with E-state index in [2.05, 4.69) is 20.7 Å². The van der Waals surface area contributed by atoms with Crippen LogP contribution < -0.4 is 16.6 Å². The first-order valence-electron chi connectivity index (χ1n) is 6.68. The molecule has 0 saturated carbocycles. The van der Waals surface area contributed by atoms with E-state index >= 15 is 0 Å². The van der Waals surface area contributed by atoms with Gasteiger partial charge in [0.1, 0.15) is 11.6 Å². The molecule has 0 aliphatic heterocycles. The number of hydrogen-bond donors (Lipinski definition) is 4. The number of nitrogens with two attached hydrogens (primary N) is 1. The topological polar surface area (TPSA) is 96.1 Å². The van der Waals surface area contributed by atoms with Gasteiger partial charge in [0.15, 0.2) is 0 Å². The van der Waals surface area contributed by atoms with Gasteiger partial charge in [-0.05, 0) is 18.8 Å². The summed E-state index contributed by atoms with van der Waals surface area (Å²) < 4.78 is 38.0. The standard InChI is InChI=1S/C12H20F3N5O/c1-2-3-8(4-5-21)7-17-9-6-10(20-16)19-11(18-9)12(13,14)15/h6,8,21H,2-5,7,16H2,1H3,(H2,17,18,19,20). The van der Waals surface area contributed by atoms with Crippen molar-refractivity contribution in [1.29, 1.82) is 0 Å². The van der Waals surface area contributed by atoms with Crippen molar-refractivity contribution in [2.45, 2.75) is 32.4 Å². The molecule has 0 spiro atoms. The molecule has 1 unspecified atom stereocenters. The molecule has 0 aromatic carbocycles. The zero-order valence-electron chi connectivity index (χ0n) is 11.7. The molecule has 1 atom stereocenters. The molecule has 0 aliphatic carbocycles. The minimum absolute atomic E-state index is 0.0412. The Morgan fingerprint density at radius 3 is 2.48 bits per heavy atom. The first-order chi connectivity index (χ1) is 9.90. The summed E-state index contributed by atoms with van der Waals surface area (Å²) in [6.07, 6.45) is -2.26. The second-order valence-corrected chi connectivity index (χ2v) is 4.65. The molecule has 0 fully saturated rings. The van der Waals surface area contributed by atoms with Crippen molar-refractivity contribution in [3.8, 4) is 0 Å². The number of hydrazine groups is 1. The third-order valence-corrected chi connectivity index (χ3v) is 2.93. The van der Waals surface area contributed by atoms with Crippen molar-refractivity contribution in [3.05, 3.63) is 11.9 Å². The van der Waals surface area contributed by atoms with Crippen LogP contribution in [0.4, 0.5) is 24.8 Å². The normalized spacial score (nSPS) is 13.0. The second-order valence-electron chi connectivity index (χ2n) is 4.65. The predicted molar refractivity (Wildman–Crippen MR) is 73.4 cm³/mol. The van der Waals surface area contributed by atoms with Crippen LogP contribution in [0.15, 0.2) is 6.07 Å². The Kier molecular flexibility index (Phi) is 6.63. The summed E-state index contributed by atoms with van der Waals surface area (Å²) in [4.78, 5) is 6.71. The Morgan fingerprint density at radius 2 is 1.95 bits per heavy atom. The number of aromatic nitrogens is 2. The molecule has 1 rings (SSSR count). The third kappa shape index (κ3) is 5.72. The number of nitrogen functional groups attached to an aromatic ring is 1. The summed E-state index contributed by atoms with van der Waals surface area (Å²) in [5.41, 5.74) is 2.09. The van der Waals surface area contributed by atoms with Crippen LogP contribution in [0.5, 0.6) is 0 Å². The van der Waals surface area contributed by atoms with E-state index in [0.29, 0.717) is 13.0 Å². The number of nitrogens with zero attached hydrogens (tertiary/aromatic N) is 2. The van der Waals surface area contributed by atoms with Gasteiger partial charge < -0.3 is 15.8 Å². The van der Waals surface area contributed by atoms with Crippen molar-refractivity contribution in [3.63, 3.8) is 0 Å². The number of nitrogens with one attached hydrogen (secondary N) is 2. The fourth-order valence-corrected chi connectivity index (χ4v) is 1.93. The van der Waals surface area contributed by atoms with Gasteiger partial charge in [-0.2, -0.15) is 13.2 Å². The fraction of sp³-hybridized carbons (Fsp3) is 0.667. The molecule has 1 aromatic rings. The summed E-state index contributed by atoms with van der Waals surface area (Å²) in [7, 11) is 0. The summed E-state index contributed by atoms with van der Waals surface area (Å²) in [5.74, 6) is 3.95. The number of aliphatic hydroxyl groups is 1. The van der Waals surface area contributed by atoms with Crippen LogP contribution >= 0.6 is 0 Å². The molecule has 0 saturated heterocycles. The van der Waals surface area contributed by atoms with Gasteiger partial charge in [-0.1, -0.05) is 13.3 Å². The average molecular weight is 307 g/mol. The molecule has 0 radical (unpaired) electrons. The maximum absolute atomic E-state index is 12.7. The first kappa shape index (κ1) is 17.4. The van der Waals surface area contributed by atoms with Gasteiger partial charge in [-0.25, -0.2) is 15.8 Å². The number of halogens is 3. The number of aliphatic hydroxyl groups excluding tert-OH is 1. The zero-order chi connectivity index (χ0) is 15.9. The van der Waals surface area contributed by atoms with Crippen molar-refractivity contribution in [2.24, 2.45) is 11.8 Å². The lowest BCUT2D eigenvalue weighted by Crippen LogP contribution is -2.20. The first-order valence-corrected chi connectivity index (χ1v) is 6.68. The van der Waals surface area contributed by atoms with Gasteiger partial charge in [-0.15, -0.1) is 0 Å². The lowest BCUT2D eigenvalue weighted by molar-refractivity contribution is -0.144. The molecule has 5 N–H and O–H groups in total. The van der Waals surface area contributed by atoms with Gasteiger partial charge >= 0.3 is 6.18 Å². The average Bonchev–Trinajstić information content (AvgIpc) is 2.44. The summed E-state index contributed by atoms with van der Waals surface area (Å²) in [6, 6.07) is 1.30. The quantitative estimate of drug-likeness (QED) is 0.433. The molecule has 0 bridgehead atoms. The number of rotatable bonds is 8. The fourth-order valence-electron chi connectivity index (χ4n) is 1.93. The lowest BCUT2D eigenvalue weighted by Gasteiger charge is -2.17. The highest BCUT2D eigenvalue weighted by molar-refractivity contribution is 5.47. The van der Waals surface area contributed by atoms with E-state index in [0.717, 1.165) is 12.8 Å². The van der Waals surface area contributed by atoms with Crippen LogP contribution in [0, 0.1) is 5.92 Å². The third-order valence-electron chi connectivity index (χ3n) is 2.93. The Bertz CT molecular complexity index is 435. The largest absolute Gasteiger partial charge is 0.451 e. The van der Waals surface area contributed by atoms with Gasteiger partial charge in [0.2, 0.25) is 5.82 Å². The smallest absolute Gasteiger partial charge is 0.396 e. The molecule has 6 nitrogen and oxygen atoms in total. The molecule has 0 amide bonds. The molecule has 120 valence electrons. The van der Waals surface area contributed by atoms with Crippen molar-refractivity contribution < 1.29 is 18.3 Å². The summed E-state index contributed by atoms with van der Waals surface area (Å²) in [5, 5.41) is 11.8. The molecule has 1 aromatic heterocycles. The van der Waals surface area contributed by atoms with Crippen molar-refractivity contribution >= 4 is 11.6 Å². The van der Waals surface area contributed by atoms with Crippen LogP contribution in [-0.4, -0.2) is 28.2 Å². The van der Waals surface area contributed by atoms with E-state index in [1.54, 1.807) is 0 Å². The zero-order valence-corrected chi connectivity index (χ0v) is 11.7. The van der Waals surface area contributed by atoms with Gasteiger partial charge in [-0.3, -0.25) is 0 Å².